The second-order valence-corrected chi connectivity index (χ2v) is 5.53. The maximum absolute atomic E-state index is 11.4. The number of hydrogen-bond donors (Lipinski definition) is 1. The fourth-order valence-electron chi connectivity index (χ4n) is 1.04. The molecule has 0 unspecified atom stereocenters. The van der Waals surface area contributed by atoms with Crippen molar-refractivity contribution in [3.05, 3.63) is 42.5 Å². The largest absolute Gasteiger partial charge is 0.349 e. The molecule has 16 heavy (non-hydrogen) atoms. The summed E-state index contributed by atoms with van der Waals surface area (Å²) >= 11 is 0. The first kappa shape index (κ1) is 12.7. The van der Waals surface area contributed by atoms with Crippen LogP contribution in [0.5, 0.6) is 0 Å². The molecule has 0 radical (unpaired) electrons. The van der Waals surface area contributed by atoms with E-state index >= 15 is 0 Å². The van der Waals surface area contributed by atoms with Crippen molar-refractivity contribution in [3.8, 4) is 0 Å². The van der Waals surface area contributed by atoms with Gasteiger partial charge in [-0.15, -0.1) is 6.58 Å². The monoisotopic (exact) mass is 259 g/mol. The van der Waals surface area contributed by atoms with E-state index in [1.165, 1.54) is 24.3 Å². The second-order valence-electron chi connectivity index (χ2n) is 2.96. The van der Waals surface area contributed by atoms with Gasteiger partial charge < -0.3 is 5.32 Å². The number of hydrogen-bond acceptors (Lipinski definition) is 3. The lowest BCUT2D eigenvalue weighted by molar-refractivity contribution is 0.0958. The van der Waals surface area contributed by atoms with Crippen LogP contribution < -0.4 is 5.32 Å². The van der Waals surface area contributed by atoms with Crippen LogP contribution in [0, 0.1) is 0 Å². The molecule has 6 heteroatoms. The Morgan fingerprint density at radius 3 is 2.38 bits per heavy atom. The highest BCUT2D eigenvalue weighted by Gasteiger charge is 2.10. The van der Waals surface area contributed by atoms with Crippen LogP contribution >= 0.6 is 10.7 Å². The Bertz CT molecular complexity index is 493. The van der Waals surface area contributed by atoms with Crippen molar-refractivity contribution in [2.45, 2.75) is 4.90 Å². The number of halogens is 1. The molecule has 0 aliphatic carbocycles. The third-order valence-electron chi connectivity index (χ3n) is 1.80. The van der Waals surface area contributed by atoms with Gasteiger partial charge in [-0.1, -0.05) is 6.08 Å². The number of carbonyl (C=O) groups excluding carboxylic acids is 1. The fraction of sp³-hybridized carbons (Fsp3) is 0.100. The van der Waals surface area contributed by atoms with Gasteiger partial charge in [0.25, 0.3) is 15.0 Å². The molecule has 0 fully saturated rings. The number of rotatable bonds is 4. The first-order valence-corrected chi connectivity index (χ1v) is 6.70. The molecule has 4 nitrogen and oxygen atoms in total. The molecule has 0 saturated carbocycles. The van der Waals surface area contributed by atoms with Gasteiger partial charge in [0.05, 0.1) is 4.90 Å². The minimum atomic E-state index is -3.74. The van der Waals surface area contributed by atoms with Crippen LogP contribution in [0.3, 0.4) is 0 Å². The van der Waals surface area contributed by atoms with E-state index < -0.39 is 9.05 Å². The van der Waals surface area contributed by atoms with E-state index in [0.29, 0.717) is 12.1 Å². The average Bonchev–Trinajstić information content (AvgIpc) is 2.25. The van der Waals surface area contributed by atoms with Gasteiger partial charge in [-0.3, -0.25) is 4.79 Å². The van der Waals surface area contributed by atoms with E-state index in [1.807, 2.05) is 0 Å². The molecule has 0 aliphatic heterocycles. The van der Waals surface area contributed by atoms with E-state index in [0.717, 1.165) is 0 Å². The highest BCUT2D eigenvalue weighted by atomic mass is 35.7. The molecule has 1 aromatic carbocycles. The fourth-order valence-corrected chi connectivity index (χ4v) is 1.81. The van der Waals surface area contributed by atoms with Crippen LogP contribution in [0.1, 0.15) is 10.4 Å². The Balaban J connectivity index is 2.87. The van der Waals surface area contributed by atoms with Crippen molar-refractivity contribution in [1.29, 1.82) is 0 Å². The molecule has 86 valence electrons. The molecule has 1 amide bonds. The quantitative estimate of drug-likeness (QED) is 0.659. The van der Waals surface area contributed by atoms with Gasteiger partial charge >= 0.3 is 0 Å². The van der Waals surface area contributed by atoms with Crippen molar-refractivity contribution in [2.24, 2.45) is 0 Å². The van der Waals surface area contributed by atoms with Crippen molar-refractivity contribution in [2.75, 3.05) is 6.54 Å². The van der Waals surface area contributed by atoms with Crippen LogP contribution in [-0.2, 0) is 9.05 Å². The summed E-state index contributed by atoms with van der Waals surface area (Å²) in [4.78, 5) is 11.4. The summed E-state index contributed by atoms with van der Waals surface area (Å²) in [6, 6.07) is 5.36. The van der Waals surface area contributed by atoms with Gasteiger partial charge in [0.15, 0.2) is 0 Å². The maximum atomic E-state index is 11.4. The van der Waals surface area contributed by atoms with Gasteiger partial charge in [-0.2, -0.15) is 0 Å². The normalized spacial score (nSPS) is 10.8. The smallest absolute Gasteiger partial charge is 0.261 e. The van der Waals surface area contributed by atoms with Crippen LogP contribution in [-0.4, -0.2) is 20.9 Å². The third kappa shape index (κ3) is 3.36. The van der Waals surface area contributed by atoms with E-state index in [9.17, 15) is 13.2 Å². The van der Waals surface area contributed by atoms with Crippen molar-refractivity contribution in [3.63, 3.8) is 0 Å². The molecule has 0 atom stereocenters. The van der Waals surface area contributed by atoms with Crippen molar-refractivity contribution < 1.29 is 13.2 Å². The van der Waals surface area contributed by atoms with Crippen molar-refractivity contribution >= 4 is 25.6 Å². The minimum Gasteiger partial charge on any atom is -0.349 e. The maximum Gasteiger partial charge on any atom is 0.261 e. The first-order chi connectivity index (χ1) is 7.45. The van der Waals surface area contributed by atoms with Gasteiger partial charge in [0.1, 0.15) is 0 Å². The predicted octanol–water partition coefficient (Wildman–Crippen LogP) is 1.53. The highest BCUT2D eigenvalue weighted by Crippen LogP contribution is 2.15. The molecule has 1 rings (SSSR count). The molecule has 0 bridgehead atoms. The molecule has 0 aromatic heterocycles. The summed E-state index contributed by atoms with van der Waals surface area (Å²) in [6.45, 7) is 3.82. The molecule has 1 aromatic rings. The zero-order valence-corrected chi connectivity index (χ0v) is 9.88. The van der Waals surface area contributed by atoms with Gasteiger partial charge in [-0.25, -0.2) is 8.42 Å². The van der Waals surface area contributed by atoms with E-state index in [4.69, 9.17) is 10.7 Å². The Morgan fingerprint density at radius 2 is 1.94 bits per heavy atom. The predicted molar refractivity (Wildman–Crippen MR) is 62.0 cm³/mol. The summed E-state index contributed by atoms with van der Waals surface area (Å²) in [5.41, 5.74) is 0.367. The number of benzene rings is 1. The van der Waals surface area contributed by atoms with Gasteiger partial charge in [0, 0.05) is 22.8 Å². The molecule has 0 aliphatic rings. The Hall–Kier alpha value is -1.33. The Morgan fingerprint density at radius 1 is 1.38 bits per heavy atom. The summed E-state index contributed by atoms with van der Waals surface area (Å²) < 4.78 is 21.9. The number of nitrogens with one attached hydrogen (secondary N) is 1. The Labute approximate surface area is 98.3 Å². The topological polar surface area (TPSA) is 63.2 Å². The summed E-state index contributed by atoms with van der Waals surface area (Å²) in [7, 11) is 1.39. The third-order valence-corrected chi connectivity index (χ3v) is 3.17. The standard InChI is InChI=1S/C10H10ClNO3S/c1-2-7-12-10(13)8-3-5-9(6-4-8)16(11,14)15/h2-6H,1,7H2,(H,12,13). The minimum absolute atomic E-state index is 0.0329. The van der Waals surface area contributed by atoms with Gasteiger partial charge in [0.2, 0.25) is 0 Å². The molecule has 1 N–H and O–H groups in total. The lowest BCUT2D eigenvalue weighted by Gasteiger charge is -2.02. The number of amides is 1. The van der Waals surface area contributed by atoms with E-state index in [1.54, 1.807) is 6.08 Å². The molecule has 0 saturated heterocycles. The van der Waals surface area contributed by atoms with Gasteiger partial charge in [-0.05, 0) is 24.3 Å². The first-order valence-electron chi connectivity index (χ1n) is 4.39. The van der Waals surface area contributed by atoms with E-state index in [2.05, 4.69) is 11.9 Å². The van der Waals surface area contributed by atoms with Crippen LogP contribution in [0.25, 0.3) is 0 Å². The summed E-state index contributed by atoms with van der Waals surface area (Å²) in [5, 5.41) is 2.57. The number of carbonyl (C=O) groups is 1. The summed E-state index contributed by atoms with van der Waals surface area (Å²) in [6.07, 6.45) is 1.55. The molecule has 0 spiro atoms. The Kier molecular flexibility index (Phi) is 4.09. The highest BCUT2D eigenvalue weighted by molar-refractivity contribution is 8.13. The zero-order chi connectivity index (χ0) is 12.2. The van der Waals surface area contributed by atoms with Crippen LogP contribution in [0.4, 0.5) is 0 Å². The lowest BCUT2D eigenvalue weighted by Crippen LogP contribution is -2.23. The molecule has 0 heterocycles. The molecular formula is C10H10ClNO3S. The second kappa shape index (κ2) is 5.14. The van der Waals surface area contributed by atoms with Crippen molar-refractivity contribution in [1.82, 2.24) is 5.32 Å². The summed E-state index contributed by atoms with van der Waals surface area (Å²) in [5.74, 6) is -0.293. The molecular weight excluding hydrogens is 250 g/mol. The van der Waals surface area contributed by atoms with Crippen LogP contribution in [0.2, 0.25) is 0 Å². The van der Waals surface area contributed by atoms with Crippen LogP contribution in [0.15, 0.2) is 41.8 Å². The van der Waals surface area contributed by atoms with E-state index in [-0.39, 0.29) is 10.8 Å². The SMILES string of the molecule is C=CCNC(=O)c1ccc(S(=O)(=O)Cl)cc1. The zero-order valence-electron chi connectivity index (χ0n) is 8.31. The lowest BCUT2D eigenvalue weighted by atomic mass is 10.2. The average molecular weight is 260 g/mol.